The lowest BCUT2D eigenvalue weighted by atomic mass is 10.1. The minimum absolute atomic E-state index is 0.0653. The predicted molar refractivity (Wildman–Crippen MR) is 203 cm³/mol. The maximum atomic E-state index is 13.9. The van der Waals surface area contributed by atoms with Crippen LogP contribution >= 0.6 is 27.7 Å². The molecule has 1 aliphatic rings. The van der Waals surface area contributed by atoms with E-state index in [1.54, 1.807) is 72.8 Å². The largest absolute Gasteiger partial charge is 0.341 e. The fourth-order valence-electron chi connectivity index (χ4n) is 6.18. The van der Waals surface area contributed by atoms with E-state index in [2.05, 4.69) is 50.2 Å². The molecule has 4 amide bonds. The Balaban J connectivity index is 1.15. The first-order valence-corrected chi connectivity index (χ1v) is 17.8. The van der Waals surface area contributed by atoms with Gasteiger partial charge in [-0.25, -0.2) is 4.90 Å². The summed E-state index contributed by atoms with van der Waals surface area (Å²) in [5.74, 6) is -1.48. The molecule has 2 N–H and O–H groups in total. The van der Waals surface area contributed by atoms with Crippen LogP contribution in [0.25, 0.3) is 27.9 Å². The molecular weight excluding hydrogens is 712 g/mol. The van der Waals surface area contributed by atoms with E-state index in [0.717, 1.165) is 38.4 Å². The number of benzene rings is 5. The normalized spacial score (nSPS) is 14.8. The van der Waals surface area contributed by atoms with Gasteiger partial charge in [0, 0.05) is 55.4 Å². The van der Waals surface area contributed by atoms with E-state index >= 15 is 0 Å². The van der Waals surface area contributed by atoms with Crippen LogP contribution in [0.4, 0.5) is 11.4 Å². The fourth-order valence-corrected chi connectivity index (χ4v) is 7.56. The molecule has 1 saturated heterocycles. The van der Waals surface area contributed by atoms with Crippen molar-refractivity contribution in [2.24, 2.45) is 0 Å². The molecule has 6 aromatic rings. The number of hydrogen-bond acceptors (Lipinski definition) is 5. The second kappa shape index (κ2) is 14.2. The maximum Gasteiger partial charge on any atom is 0.272 e. The second-order valence-electron chi connectivity index (χ2n) is 11.8. The summed E-state index contributed by atoms with van der Waals surface area (Å²) in [5, 5.41) is 7.29. The molecule has 1 atom stereocenters. The van der Waals surface area contributed by atoms with E-state index in [1.807, 2.05) is 42.5 Å². The van der Waals surface area contributed by atoms with Gasteiger partial charge in [0.25, 0.3) is 11.8 Å². The predicted octanol–water partition coefficient (Wildman–Crippen LogP) is 8.41. The minimum atomic E-state index is -0.605. The Morgan fingerprint density at radius 3 is 2.36 bits per heavy atom. The molecule has 5 aromatic carbocycles. The Morgan fingerprint density at radius 1 is 0.840 bits per heavy atom. The van der Waals surface area contributed by atoms with Crippen molar-refractivity contribution in [3.05, 3.63) is 143 Å². The van der Waals surface area contributed by atoms with E-state index in [-0.39, 0.29) is 23.9 Å². The van der Waals surface area contributed by atoms with E-state index in [9.17, 15) is 19.2 Å². The van der Waals surface area contributed by atoms with Crippen molar-refractivity contribution < 1.29 is 19.2 Å². The van der Waals surface area contributed by atoms with Crippen molar-refractivity contribution in [3.8, 4) is 0 Å². The van der Waals surface area contributed by atoms with Gasteiger partial charge >= 0.3 is 0 Å². The van der Waals surface area contributed by atoms with Gasteiger partial charge in [0.15, 0.2) is 0 Å². The Labute approximate surface area is 301 Å². The number of aryl methyl sites for hydroxylation is 1. The molecule has 50 heavy (non-hydrogen) atoms. The number of carbonyl (C=O) groups excluding carboxylic acids is 4. The number of amides is 4. The lowest BCUT2D eigenvalue weighted by Gasteiger charge is -2.15. The van der Waals surface area contributed by atoms with Gasteiger partial charge in [0.05, 0.1) is 10.9 Å². The number of hydrogen-bond donors (Lipinski definition) is 2. The number of aromatic nitrogens is 1. The average Bonchev–Trinajstić information content (AvgIpc) is 3.60. The van der Waals surface area contributed by atoms with Crippen LogP contribution in [0.1, 0.15) is 29.3 Å². The van der Waals surface area contributed by atoms with Crippen LogP contribution in [-0.4, -0.2) is 33.4 Å². The number of para-hydroxylation sites is 1. The highest BCUT2D eigenvalue weighted by atomic mass is 79.9. The summed E-state index contributed by atoms with van der Waals surface area (Å²) in [5.41, 5.74) is 4.45. The Morgan fingerprint density at radius 2 is 1.58 bits per heavy atom. The molecule has 8 nitrogen and oxygen atoms in total. The quantitative estimate of drug-likeness (QED) is 0.115. The van der Waals surface area contributed by atoms with E-state index in [4.69, 9.17) is 0 Å². The highest BCUT2D eigenvalue weighted by Gasteiger charge is 2.40. The van der Waals surface area contributed by atoms with Crippen LogP contribution in [0, 0.1) is 0 Å². The van der Waals surface area contributed by atoms with Crippen LogP contribution in [0.5, 0.6) is 0 Å². The monoisotopic (exact) mass is 742 g/mol. The molecule has 0 spiro atoms. The van der Waals surface area contributed by atoms with E-state index in [1.165, 1.54) is 16.7 Å². The number of halogens is 1. The number of thioether (sulfide) groups is 1. The summed E-state index contributed by atoms with van der Waals surface area (Å²) in [6.07, 6.45) is 1.74. The van der Waals surface area contributed by atoms with Crippen molar-refractivity contribution in [1.29, 1.82) is 0 Å². The summed E-state index contributed by atoms with van der Waals surface area (Å²) in [6, 6.07) is 37.1. The first-order chi connectivity index (χ1) is 24.3. The maximum absolute atomic E-state index is 13.9. The highest BCUT2D eigenvalue weighted by molar-refractivity contribution is 9.10. The van der Waals surface area contributed by atoms with Gasteiger partial charge in [0.1, 0.15) is 5.70 Å². The summed E-state index contributed by atoms with van der Waals surface area (Å²) in [6.45, 7) is 2.92. The molecule has 1 aliphatic heterocycles. The third kappa shape index (κ3) is 6.72. The van der Waals surface area contributed by atoms with Crippen molar-refractivity contribution >= 4 is 90.6 Å². The molecule has 0 radical (unpaired) electrons. The molecule has 0 aliphatic carbocycles. The van der Waals surface area contributed by atoms with Gasteiger partial charge in [-0.2, -0.15) is 0 Å². The van der Waals surface area contributed by atoms with Crippen LogP contribution in [0.15, 0.2) is 136 Å². The standard InChI is InChI=1S/C40H31BrN4O4S/c1-2-44-34-14-7-6-13-31(34)32-21-25(15-20-35(32)44)22-33(43-38(47)26-9-4-3-5-10-26)39(48)42-28-11-8-12-30(23-28)50-36-24-37(46)45(40(36)49)29-18-16-27(41)17-19-29/h3-23,36H,2,24H2,1H3,(H,42,48)(H,43,47)/b33-22-/t36-/m1/s1. The number of imide groups is 1. The lowest BCUT2D eigenvalue weighted by molar-refractivity contribution is -0.121. The third-order valence-electron chi connectivity index (χ3n) is 8.51. The Bertz CT molecular complexity index is 2320. The number of rotatable bonds is 9. The number of fused-ring (bicyclic) bond motifs is 3. The van der Waals surface area contributed by atoms with Gasteiger partial charge in [-0.3, -0.25) is 19.2 Å². The Kier molecular flexibility index (Phi) is 9.38. The first-order valence-electron chi connectivity index (χ1n) is 16.1. The van der Waals surface area contributed by atoms with Crippen LogP contribution in [0.3, 0.4) is 0 Å². The smallest absolute Gasteiger partial charge is 0.272 e. The molecule has 1 aromatic heterocycles. The van der Waals surface area contributed by atoms with Crippen molar-refractivity contribution in [2.75, 3.05) is 10.2 Å². The minimum Gasteiger partial charge on any atom is -0.341 e. The summed E-state index contributed by atoms with van der Waals surface area (Å²) in [7, 11) is 0. The SMILES string of the molecule is CCn1c2ccccc2c2cc(/C=C(\NC(=O)c3ccccc3)C(=O)Nc3cccc(S[C@@H]4CC(=O)N(c5ccc(Br)cc5)C4=O)c3)ccc21. The molecule has 0 unspecified atom stereocenters. The summed E-state index contributed by atoms with van der Waals surface area (Å²) >= 11 is 4.66. The second-order valence-corrected chi connectivity index (χ2v) is 13.9. The van der Waals surface area contributed by atoms with Crippen LogP contribution < -0.4 is 15.5 Å². The third-order valence-corrected chi connectivity index (χ3v) is 10.2. The zero-order chi connectivity index (χ0) is 34.8. The number of anilines is 2. The topological polar surface area (TPSA) is 101 Å². The summed E-state index contributed by atoms with van der Waals surface area (Å²) in [4.78, 5) is 55.2. The van der Waals surface area contributed by atoms with Crippen LogP contribution in [-0.2, 0) is 20.9 Å². The van der Waals surface area contributed by atoms with Crippen molar-refractivity contribution in [3.63, 3.8) is 0 Å². The van der Waals surface area contributed by atoms with E-state index < -0.39 is 17.1 Å². The first kappa shape index (κ1) is 33.1. The number of carbonyl (C=O) groups is 4. The molecule has 7 rings (SSSR count). The fraction of sp³-hybridized carbons (Fsp3) is 0.100. The van der Waals surface area contributed by atoms with Gasteiger partial charge < -0.3 is 15.2 Å². The molecule has 1 fully saturated rings. The average molecular weight is 744 g/mol. The summed E-state index contributed by atoms with van der Waals surface area (Å²) < 4.78 is 3.10. The Hall–Kier alpha value is -5.45. The van der Waals surface area contributed by atoms with Crippen molar-refractivity contribution in [2.45, 2.75) is 30.0 Å². The molecule has 248 valence electrons. The van der Waals surface area contributed by atoms with Gasteiger partial charge in [-0.15, -0.1) is 11.8 Å². The zero-order valence-electron chi connectivity index (χ0n) is 26.9. The molecule has 10 heteroatoms. The van der Waals surface area contributed by atoms with Gasteiger partial charge in [-0.1, -0.05) is 64.5 Å². The number of nitrogens with zero attached hydrogens (tertiary/aromatic N) is 2. The van der Waals surface area contributed by atoms with Gasteiger partial charge in [-0.05, 0) is 91.4 Å². The molecule has 0 bridgehead atoms. The lowest BCUT2D eigenvalue weighted by Crippen LogP contribution is -2.31. The van der Waals surface area contributed by atoms with Crippen molar-refractivity contribution in [1.82, 2.24) is 9.88 Å². The van der Waals surface area contributed by atoms with Gasteiger partial charge in [0.2, 0.25) is 11.8 Å². The molecule has 2 heterocycles. The molecule has 0 saturated carbocycles. The highest BCUT2D eigenvalue weighted by Crippen LogP contribution is 2.35. The van der Waals surface area contributed by atoms with E-state index in [0.29, 0.717) is 21.8 Å². The molecular formula is C40H31BrN4O4S. The van der Waals surface area contributed by atoms with Crippen LogP contribution in [0.2, 0.25) is 0 Å². The number of nitrogens with one attached hydrogen (secondary N) is 2. The zero-order valence-corrected chi connectivity index (χ0v) is 29.3.